The molecular formula is C51H82N2O15Si. The van der Waals surface area contributed by atoms with E-state index in [0.29, 0.717) is 17.6 Å². The molecule has 1 heterocycles. The van der Waals surface area contributed by atoms with Gasteiger partial charge in [0.15, 0.2) is 20.2 Å². The van der Waals surface area contributed by atoms with Crippen molar-refractivity contribution in [3.8, 4) is 0 Å². The van der Waals surface area contributed by atoms with Crippen molar-refractivity contribution in [1.82, 2.24) is 9.80 Å². The van der Waals surface area contributed by atoms with Crippen LogP contribution < -0.4 is 0 Å². The maximum absolute atomic E-state index is 14.6. The van der Waals surface area contributed by atoms with Gasteiger partial charge in [-0.2, -0.15) is 0 Å². The number of rotatable bonds is 7. The van der Waals surface area contributed by atoms with E-state index in [0.717, 1.165) is 11.0 Å². The fraction of sp³-hybridized carbons (Fsp3) is 0.686. The maximum atomic E-state index is 14.6. The van der Waals surface area contributed by atoms with Gasteiger partial charge in [-0.25, -0.2) is 24.1 Å². The van der Waals surface area contributed by atoms with E-state index in [1.54, 1.807) is 76.3 Å². The first-order chi connectivity index (χ1) is 31.4. The van der Waals surface area contributed by atoms with E-state index in [2.05, 4.69) is 33.9 Å². The number of carbonyl (C=O) groups is 6. The number of imide groups is 4. The molecule has 0 aromatic heterocycles. The molecule has 2 bridgehead atoms. The van der Waals surface area contributed by atoms with Crippen molar-refractivity contribution < 1.29 is 71.1 Å². The Hall–Kier alpha value is -4.62. The number of ketones is 1. The summed E-state index contributed by atoms with van der Waals surface area (Å²) in [6, 6.07) is 0. The third-order valence-electron chi connectivity index (χ3n) is 11.6. The molecule has 1 aliphatic heterocycles. The van der Waals surface area contributed by atoms with Gasteiger partial charge < -0.3 is 42.3 Å². The highest BCUT2D eigenvalue weighted by Crippen LogP contribution is 2.41. The largest absolute Gasteiger partial charge is 0.493 e. The highest BCUT2D eigenvalue weighted by molar-refractivity contribution is 6.74. The molecule has 2 aliphatic rings. The molecule has 0 N–H and O–H groups in total. The first-order valence-electron chi connectivity index (χ1n) is 23.3. The third kappa shape index (κ3) is 17.0. The number of ether oxygens (including phenoxy) is 8. The number of fused-ring (bicyclic) bond motifs is 2. The number of methoxy groups -OCH3 is 4. The predicted molar refractivity (Wildman–Crippen MR) is 263 cm³/mol. The molecule has 18 heteroatoms. The predicted octanol–water partition coefficient (Wildman–Crippen LogP) is 10.7. The number of carbonyl (C=O) groups excluding carboxylic acids is 6. The summed E-state index contributed by atoms with van der Waals surface area (Å²) in [6.07, 6.45) is -1.84. The highest BCUT2D eigenvalue weighted by atomic mass is 28.4. The lowest BCUT2D eigenvalue weighted by Crippen LogP contribution is -2.50. The lowest BCUT2D eigenvalue weighted by molar-refractivity contribution is -0.125. The molecule has 5 amide bonds. The number of hydrogen-bond acceptors (Lipinski definition) is 15. The van der Waals surface area contributed by atoms with Gasteiger partial charge in [-0.15, -0.1) is 4.90 Å². The Morgan fingerprint density at radius 3 is 1.74 bits per heavy atom. The minimum atomic E-state index is -2.56. The third-order valence-corrected chi connectivity index (χ3v) is 16.0. The SMILES string of the molecule is COC1=C2C[C@@H](C)C[C@H](OC)[C@H](O[Si](C)(C)C(C)(C)C)[C@@H](C)/C=C(\C)[C@H](OC(=O)N(C(=O)OC(C)(C)C)C(=O)OC(C)(C)C)[C@@H](OC)/C=C\C=C(/C)C(=O)N(C(=O)OC(C)(C)C)C(=CC1=O)C2OC. The Bertz CT molecular complexity index is 2010. The number of hydrogen-bond donors (Lipinski definition) is 0. The van der Waals surface area contributed by atoms with Gasteiger partial charge in [0.2, 0.25) is 5.78 Å². The van der Waals surface area contributed by atoms with Gasteiger partial charge in [-0.05, 0) is 119 Å². The zero-order valence-corrected chi connectivity index (χ0v) is 46.4. The molecular weight excluding hydrogens is 909 g/mol. The van der Waals surface area contributed by atoms with Crippen molar-refractivity contribution in [2.45, 2.75) is 189 Å². The molecule has 0 radical (unpaired) electrons. The Balaban J connectivity index is 3.12. The van der Waals surface area contributed by atoms with Gasteiger partial charge in [0.25, 0.3) is 5.91 Å². The maximum Gasteiger partial charge on any atom is 0.429 e. The molecule has 2 rings (SSSR count). The van der Waals surface area contributed by atoms with Gasteiger partial charge in [0, 0.05) is 44.5 Å². The van der Waals surface area contributed by atoms with Crippen LogP contribution in [0.25, 0.3) is 0 Å². The molecule has 0 saturated heterocycles. The fourth-order valence-corrected chi connectivity index (χ4v) is 8.76. The fourth-order valence-electron chi connectivity index (χ4n) is 7.36. The monoisotopic (exact) mass is 991 g/mol. The summed E-state index contributed by atoms with van der Waals surface area (Å²) in [7, 11) is 3.20. The molecule has 0 fully saturated rings. The first kappa shape index (κ1) is 60.5. The zero-order valence-electron chi connectivity index (χ0n) is 45.4. The van der Waals surface area contributed by atoms with Crippen molar-refractivity contribution in [3.63, 3.8) is 0 Å². The van der Waals surface area contributed by atoms with Crippen LogP contribution in [0.2, 0.25) is 18.1 Å². The number of nitrogens with zero attached hydrogens (tertiary/aromatic N) is 2. The Kier molecular flexibility index (Phi) is 21.0. The van der Waals surface area contributed by atoms with Crippen LogP contribution in [0.4, 0.5) is 19.2 Å². The summed E-state index contributed by atoms with van der Waals surface area (Å²) < 4.78 is 54.0. The Morgan fingerprint density at radius 1 is 0.754 bits per heavy atom. The van der Waals surface area contributed by atoms with Gasteiger partial charge in [-0.1, -0.05) is 58.9 Å². The van der Waals surface area contributed by atoms with E-state index in [4.69, 9.17) is 42.3 Å². The van der Waals surface area contributed by atoms with Crippen molar-refractivity contribution in [3.05, 3.63) is 58.6 Å². The van der Waals surface area contributed by atoms with Crippen molar-refractivity contribution in [2.75, 3.05) is 28.4 Å². The minimum absolute atomic E-state index is 0.0215. The minimum Gasteiger partial charge on any atom is -0.493 e. The number of allylic oxidation sites excluding steroid dienone is 3. The van der Waals surface area contributed by atoms with Gasteiger partial charge >= 0.3 is 24.4 Å². The van der Waals surface area contributed by atoms with E-state index in [1.165, 1.54) is 46.5 Å². The molecule has 1 aliphatic carbocycles. The highest BCUT2D eigenvalue weighted by Gasteiger charge is 2.45. The van der Waals surface area contributed by atoms with Crippen LogP contribution in [0.3, 0.4) is 0 Å². The molecule has 0 spiro atoms. The molecule has 0 aromatic rings. The van der Waals surface area contributed by atoms with E-state index in [-0.39, 0.29) is 39.3 Å². The van der Waals surface area contributed by atoms with Crippen LogP contribution in [0.1, 0.15) is 124 Å². The molecule has 0 aromatic carbocycles. The summed E-state index contributed by atoms with van der Waals surface area (Å²) in [5.74, 6) is -2.08. The van der Waals surface area contributed by atoms with Crippen molar-refractivity contribution in [2.24, 2.45) is 11.8 Å². The molecule has 0 saturated carbocycles. The Morgan fingerprint density at radius 2 is 1.29 bits per heavy atom. The van der Waals surface area contributed by atoms with E-state index in [9.17, 15) is 28.8 Å². The first-order valence-corrected chi connectivity index (χ1v) is 26.2. The van der Waals surface area contributed by atoms with Crippen LogP contribution in [0, 0.1) is 11.8 Å². The second-order valence-corrected chi connectivity index (χ2v) is 27.0. The van der Waals surface area contributed by atoms with Crippen molar-refractivity contribution in [1.29, 1.82) is 0 Å². The molecule has 69 heavy (non-hydrogen) atoms. The number of amides is 5. The summed E-state index contributed by atoms with van der Waals surface area (Å²) in [5.41, 5.74) is -2.48. The standard InChI is InChI=1S/C51H82N2O15Si/c1-30-26-34-41(62-19)35(29-36(54)42(34)63-20)52(45(57)65-48(5,6)7)43(55)31(2)24-23-25-37(60-17)39(64-44(56)53(46(58)66-49(8,9)10)47(59)67-50(11,12)13)32(3)28-33(4)40(38(27-30)61-18)68-69(21,22)51(14,15)16/h23-25,28-30,33,37-41H,26-27H2,1-22H3/b25-23-,31-24+,32-28+/t30-,33+,37+,38+,39+,40-,41?/m1/s1. The lowest BCUT2D eigenvalue weighted by atomic mass is 9.84. The summed E-state index contributed by atoms with van der Waals surface area (Å²) in [5, 5.41) is -0.227. The van der Waals surface area contributed by atoms with Crippen LogP contribution in [-0.4, -0.2) is 130 Å². The average Bonchev–Trinajstić information content (AvgIpc) is 3.17. The van der Waals surface area contributed by atoms with E-state index < -0.39 is 97.6 Å². The average molecular weight is 991 g/mol. The zero-order chi connectivity index (χ0) is 53.4. The Labute approximate surface area is 412 Å². The van der Waals surface area contributed by atoms with E-state index in [1.807, 2.05) is 19.9 Å². The second-order valence-electron chi connectivity index (χ2n) is 22.2. The topological polar surface area (TPSA) is 192 Å². The summed E-state index contributed by atoms with van der Waals surface area (Å²) in [6.45, 7) is 32.2. The molecule has 390 valence electrons. The van der Waals surface area contributed by atoms with E-state index >= 15 is 0 Å². The normalized spacial score (nSPS) is 26.1. The van der Waals surface area contributed by atoms with Gasteiger partial charge in [0.05, 0.1) is 25.0 Å². The van der Waals surface area contributed by atoms with Crippen LogP contribution in [-0.2, 0) is 51.9 Å². The molecule has 7 atom stereocenters. The van der Waals surface area contributed by atoms with Crippen molar-refractivity contribution >= 4 is 44.4 Å². The second kappa shape index (κ2) is 24.0. The quantitative estimate of drug-likeness (QED) is 0.133. The summed E-state index contributed by atoms with van der Waals surface area (Å²) >= 11 is 0. The van der Waals surface area contributed by atoms with Gasteiger partial charge in [0.1, 0.15) is 29.0 Å². The molecule has 1 unspecified atom stereocenters. The van der Waals surface area contributed by atoms with Crippen LogP contribution in [0.15, 0.2) is 58.6 Å². The lowest BCUT2D eigenvalue weighted by Gasteiger charge is -2.43. The van der Waals surface area contributed by atoms with Gasteiger partial charge in [-0.3, -0.25) is 9.59 Å². The smallest absolute Gasteiger partial charge is 0.429 e. The molecule has 17 nitrogen and oxygen atoms in total. The summed E-state index contributed by atoms with van der Waals surface area (Å²) in [4.78, 5) is 85.1. The van der Waals surface area contributed by atoms with Crippen LogP contribution in [0.5, 0.6) is 0 Å². The van der Waals surface area contributed by atoms with Crippen LogP contribution >= 0.6 is 0 Å².